The monoisotopic (exact) mass is 284 g/mol. The van der Waals surface area contributed by atoms with Crippen LogP contribution >= 0.6 is 0 Å². The van der Waals surface area contributed by atoms with E-state index in [1.165, 1.54) is 0 Å². The van der Waals surface area contributed by atoms with Gasteiger partial charge >= 0.3 is 0 Å². The fourth-order valence-electron chi connectivity index (χ4n) is 1.83. The predicted molar refractivity (Wildman–Crippen MR) is 75.5 cm³/mol. The Labute approximate surface area is 116 Å². The van der Waals surface area contributed by atoms with E-state index in [1.54, 1.807) is 0 Å². The van der Waals surface area contributed by atoms with Crippen molar-refractivity contribution in [3.63, 3.8) is 0 Å². The largest absolute Gasteiger partial charge is 0.242 e. The van der Waals surface area contributed by atoms with Crippen molar-refractivity contribution < 1.29 is 8.60 Å². The van der Waals surface area contributed by atoms with Gasteiger partial charge in [0.2, 0.25) is 5.95 Å². The maximum Gasteiger partial charge on any atom is 0.216 e. The zero-order chi connectivity index (χ0) is 14.3. The molecule has 106 valence electrons. The summed E-state index contributed by atoms with van der Waals surface area (Å²) in [5.74, 6) is -0.388. The first-order valence-corrected chi connectivity index (χ1v) is 7.69. The number of hydrogen-bond acceptors (Lipinski definition) is 2. The van der Waals surface area contributed by atoms with Gasteiger partial charge in [0.15, 0.2) is 0 Å². The third kappa shape index (κ3) is 3.39. The molecule has 1 aromatic rings. The highest BCUT2D eigenvalue weighted by Crippen LogP contribution is 2.48. The van der Waals surface area contributed by atoms with Gasteiger partial charge in [0.1, 0.15) is 0 Å². The summed E-state index contributed by atoms with van der Waals surface area (Å²) in [4.78, 5) is 3.97. The number of hydrogen-bond donors (Lipinski definition) is 1. The van der Waals surface area contributed by atoms with Crippen molar-refractivity contribution in [2.45, 2.75) is 57.2 Å². The van der Waals surface area contributed by atoms with E-state index in [1.807, 2.05) is 32.9 Å². The Bertz CT molecular complexity index is 507. The first-order chi connectivity index (χ1) is 8.72. The van der Waals surface area contributed by atoms with Crippen LogP contribution in [0.5, 0.6) is 0 Å². The van der Waals surface area contributed by atoms with Gasteiger partial charge in [-0.1, -0.05) is 13.0 Å². The fourth-order valence-corrected chi connectivity index (χ4v) is 2.55. The molecule has 3 nitrogen and oxygen atoms in total. The van der Waals surface area contributed by atoms with Crippen molar-refractivity contribution >= 4 is 11.0 Å². The average Bonchev–Trinajstić information content (AvgIpc) is 3.03. The molecule has 1 fully saturated rings. The highest BCUT2D eigenvalue weighted by molar-refractivity contribution is 7.84. The quantitative estimate of drug-likeness (QED) is 0.864. The van der Waals surface area contributed by atoms with Gasteiger partial charge in [-0.3, -0.25) is 0 Å². The van der Waals surface area contributed by atoms with Crippen LogP contribution in [-0.4, -0.2) is 13.9 Å². The summed E-state index contributed by atoms with van der Waals surface area (Å²) in [6, 6.07) is 3.63. The summed E-state index contributed by atoms with van der Waals surface area (Å²) in [6.07, 6.45) is 2.05. The van der Waals surface area contributed by atoms with Crippen LogP contribution in [-0.2, 0) is 22.9 Å². The fraction of sp³-hybridized carbons (Fsp3) is 0.643. The van der Waals surface area contributed by atoms with Crippen molar-refractivity contribution in [2.24, 2.45) is 0 Å². The molecular formula is C14H21FN2OS. The van der Waals surface area contributed by atoms with Gasteiger partial charge < -0.3 is 0 Å². The summed E-state index contributed by atoms with van der Waals surface area (Å²) in [6.45, 7) is 8.04. The molecule has 1 heterocycles. The van der Waals surface area contributed by atoms with Gasteiger partial charge in [-0.2, -0.15) is 4.39 Å². The molecule has 19 heavy (non-hydrogen) atoms. The highest BCUT2D eigenvalue weighted by atomic mass is 32.2. The predicted octanol–water partition coefficient (Wildman–Crippen LogP) is 2.82. The number of aromatic nitrogens is 1. The summed E-state index contributed by atoms with van der Waals surface area (Å²) in [7, 11) is -1.17. The van der Waals surface area contributed by atoms with E-state index in [0.29, 0.717) is 17.8 Å². The standard InChI is InChI=1S/C14H21FN2OS/c1-13(2,3)19(18)16-9-10-5-6-11(12(15)17-10)14(4)7-8-14/h5-6,16H,7-9H2,1-4H3. The van der Waals surface area contributed by atoms with Crippen molar-refractivity contribution in [1.29, 1.82) is 0 Å². The minimum absolute atomic E-state index is 0.0166. The molecular weight excluding hydrogens is 263 g/mol. The molecule has 2 rings (SSSR count). The lowest BCUT2D eigenvalue weighted by Gasteiger charge is -2.18. The lowest BCUT2D eigenvalue weighted by Crippen LogP contribution is -2.33. The van der Waals surface area contributed by atoms with Crippen molar-refractivity contribution in [2.75, 3.05) is 0 Å². The molecule has 1 unspecified atom stereocenters. The van der Waals surface area contributed by atoms with Gasteiger partial charge in [-0.05, 0) is 45.1 Å². The Morgan fingerprint density at radius 3 is 2.53 bits per heavy atom. The van der Waals surface area contributed by atoms with Crippen molar-refractivity contribution in [1.82, 2.24) is 9.71 Å². The molecule has 0 aromatic carbocycles. The van der Waals surface area contributed by atoms with Crippen LogP contribution in [0.2, 0.25) is 0 Å². The minimum Gasteiger partial charge on any atom is -0.242 e. The summed E-state index contributed by atoms with van der Waals surface area (Å²) in [5.41, 5.74) is 1.27. The normalized spacial score (nSPS) is 19.2. The molecule has 1 aliphatic rings. The lowest BCUT2D eigenvalue weighted by atomic mass is 10.00. The lowest BCUT2D eigenvalue weighted by molar-refractivity contribution is 0.539. The molecule has 0 bridgehead atoms. The van der Waals surface area contributed by atoms with Gasteiger partial charge in [0, 0.05) is 5.56 Å². The smallest absolute Gasteiger partial charge is 0.216 e. The van der Waals surface area contributed by atoms with Gasteiger partial charge in [-0.15, -0.1) is 0 Å². The first-order valence-electron chi connectivity index (χ1n) is 6.54. The first kappa shape index (κ1) is 14.6. The molecule has 0 amide bonds. The van der Waals surface area contributed by atoms with E-state index >= 15 is 0 Å². The molecule has 1 N–H and O–H groups in total. The van der Waals surface area contributed by atoms with Crippen LogP contribution in [0.15, 0.2) is 12.1 Å². The Morgan fingerprint density at radius 1 is 1.42 bits per heavy atom. The zero-order valence-corrected chi connectivity index (χ0v) is 12.7. The topological polar surface area (TPSA) is 42.0 Å². The molecule has 0 radical (unpaired) electrons. The molecule has 5 heteroatoms. The highest BCUT2D eigenvalue weighted by Gasteiger charge is 2.41. The second-order valence-electron chi connectivity index (χ2n) is 6.40. The molecule has 0 saturated heterocycles. The van der Waals surface area contributed by atoms with Crippen LogP contribution in [0.25, 0.3) is 0 Å². The van der Waals surface area contributed by atoms with Crippen LogP contribution < -0.4 is 4.72 Å². The Morgan fingerprint density at radius 2 is 2.05 bits per heavy atom. The number of halogens is 1. The van der Waals surface area contributed by atoms with E-state index in [9.17, 15) is 8.60 Å². The van der Waals surface area contributed by atoms with E-state index < -0.39 is 11.0 Å². The van der Waals surface area contributed by atoms with Gasteiger partial charge in [0.25, 0.3) is 0 Å². The Hall–Kier alpha value is -0.810. The second-order valence-corrected chi connectivity index (χ2v) is 8.45. The number of nitrogens with zero attached hydrogens (tertiary/aromatic N) is 1. The van der Waals surface area contributed by atoms with Crippen LogP contribution in [0.3, 0.4) is 0 Å². The van der Waals surface area contributed by atoms with Crippen LogP contribution in [0, 0.1) is 5.95 Å². The summed E-state index contributed by atoms with van der Waals surface area (Å²) >= 11 is 0. The number of nitrogens with one attached hydrogen (secondary N) is 1. The molecule has 1 saturated carbocycles. The van der Waals surface area contributed by atoms with Crippen LogP contribution in [0.4, 0.5) is 4.39 Å². The Kier molecular flexibility index (Phi) is 3.80. The number of rotatable bonds is 4. The molecule has 1 aromatic heterocycles. The average molecular weight is 284 g/mol. The van der Waals surface area contributed by atoms with E-state index in [-0.39, 0.29) is 16.1 Å². The minimum atomic E-state index is -1.17. The van der Waals surface area contributed by atoms with E-state index in [0.717, 1.165) is 12.8 Å². The second kappa shape index (κ2) is 4.94. The Balaban J connectivity index is 2.03. The maximum atomic E-state index is 13.9. The molecule has 0 aliphatic heterocycles. The van der Waals surface area contributed by atoms with E-state index in [4.69, 9.17) is 0 Å². The molecule has 1 aliphatic carbocycles. The van der Waals surface area contributed by atoms with Crippen molar-refractivity contribution in [3.05, 3.63) is 29.3 Å². The third-order valence-electron chi connectivity index (χ3n) is 3.50. The zero-order valence-electron chi connectivity index (χ0n) is 11.9. The van der Waals surface area contributed by atoms with Crippen molar-refractivity contribution in [3.8, 4) is 0 Å². The molecule has 1 atom stereocenters. The molecule has 0 spiro atoms. The number of pyridine rings is 1. The SMILES string of the molecule is CC1(c2ccc(CNS(=O)C(C)(C)C)nc2F)CC1. The summed E-state index contributed by atoms with van der Waals surface area (Å²) in [5, 5.41) is 0. The third-order valence-corrected chi connectivity index (χ3v) is 5.02. The van der Waals surface area contributed by atoms with Crippen LogP contribution in [0.1, 0.15) is 51.8 Å². The van der Waals surface area contributed by atoms with Gasteiger partial charge in [0.05, 0.1) is 28.0 Å². The van der Waals surface area contributed by atoms with Gasteiger partial charge in [-0.25, -0.2) is 13.9 Å². The maximum absolute atomic E-state index is 13.9. The van der Waals surface area contributed by atoms with E-state index in [2.05, 4.69) is 16.6 Å². The summed E-state index contributed by atoms with van der Waals surface area (Å²) < 4.78 is 28.3.